The molecule has 27 heavy (non-hydrogen) atoms. The van der Waals surface area contributed by atoms with Gasteiger partial charge in [0.15, 0.2) is 0 Å². The van der Waals surface area contributed by atoms with Crippen molar-refractivity contribution < 1.29 is 14.3 Å². The molecular weight excluding hydrogens is 364 g/mol. The first-order chi connectivity index (χ1) is 13.2. The molecule has 0 aromatic heterocycles. The SMILES string of the molecule is COc1ccc(N/N=C/c2ccc(OC(=O)c3ccccc3)cc2)cc1Cl. The molecule has 0 amide bonds. The zero-order valence-electron chi connectivity index (χ0n) is 14.6. The standard InChI is InChI=1S/C21H17ClN2O3/c1-26-20-12-9-17(13-19(20)22)24-23-14-15-7-10-18(11-8-15)27-21(25)16-5-3-2-4-6-16/h2-14,24H,1H3/b23-14+. The van der Waals surface area contributed by atoms with Gasteiger partial charge in [-0.25, -0.2) is 4.79 Å². The predicted octanol–water partition coefficient (Wildman–Crippen LogP) is 5.01. The number of halogens is 1. The van der Waals surface area contributed by atoms with Crippen molar-refractivity contribution in [3.63, 3.8) is 0 Å². The van der Waals surface area contributed by atoms with Crippen molar-refractivity contribution in [3.05, 3.63) is 88.9 Å². The van der Waals surface area contributed by atoms with Crippen LogP contribution in [0, 0.1) is 0 Å². The number of nitrogens with zero attached hydrogens (tertiary/aromatic N) is 1. The second-order valence-electron chi connectivity index (χ2n) is 5.54. The predicted molar refractivity (Wildman–Crippen MR) is 107 cm³/mol. The average molecular weight is 381 g/mol. The van der Waals surface area contributed by atoms with Crippen molar-refractivity contribution in [2.24, 2.45) is 5.10 Å². The van der Waals surface area contributed by atoms with Crippen LogP contribution in [0.4, 0.5) is 5.69 Å². The van der Waals surface area contributed by atoms with Gasteiger partial charge in [-0.05, 0) is 60.2 Å². The molecule has 3 rings (SSSR count). The minimum absolute atomic E-state index is 0.393. The van der Waals surface area contributed by atoms with E-state index < -0.39 is 5.97 Å². The molecule has 3 aromatic carbocycles. The number of esters is 1. The highest BCUT2D eigenvalue weighted by Gasteiger charge is 2.07. The normalized spacial score (nSPS) is 10.6. The van der Waals surface area contributed by atoms with Crippen molar-refractivity contribution in [1.82, 2.24) is 0 Å². The molecule has 0 aliphatic rings. The van der Waals surface area contributed by atoms with Gasteiger partial charge < -0.3 is 9.47 Å². The molecule has 1 N–H and O–H groups in total. The van der Waals surface area contributed by atoms with Crippen molar-refractivity contribution >= 4 is 29.5 Å². The van der Waals surface area contributed by atoms with E-state index in [1.165, 1.54) is 0 Å². The lowest BCUT2D eigenvalue weighted by Gasteiger charge is -2.05. The maximum atomic E-state index is 12.0. The number of hydrogen-bond donors (Lipinski definition) is 1. The molecule has 0 radical (unpaired) electrons. The first-order valence-corrected chi connectivity index (χ1v) is 8.53. The van der Waals surface area contributed by atoms with E-state index in [1.54, 1.807) is 74.0 Å². The lowest BCUT2D eigenvalue weighted by atomic mass is 10.2. The van der Waals surface area contributed by atoms with Crippen LogP contribution in [0.3, 0.4) is 0 Å². The van der Waals surface area contributed by atoms with Crippen molar-refractivity contribution in [3.8, 4) is 11.5 Å². The first kappa shape index (κ1) is 18.5. The van der Waals surface area contributed by atoms with Gasteiger partial charge in [-0.3, -0.25) is 5.43 Å². The second-order valence-corrected chi connectivity index (χ2v) is 5.95. The zero-order chi connectivity index (χ0) is 19.1. The Balaban J connectivity index is 1.58. The number of hydrazone groups is 1. The summed E-state index contributed by atoms with van der Waals surface area (Å²) in [5, 5.41) is 4.67. The molecule has 0 heterocycles. The molecule has 0 atom stereocenters. The Labute approximate surface area is 162 Å². The molecule has 0 spiro atoms. The number of ether oxygens (including phenoxy) is 2. The second kappa shape index (κ2) is 8.87. The van der Waals surface area contributed by atoms with E-state index in [9.17, 15) is 4.79 Å². The smallest absolute Gasteiger partial charge is 0.343 e. The molecule has 0 saturated carbocycles. The fraction of sp³-hybridized carbons (Fsp3) is 0.0476. The number of carbonyl (C=O) groups excluding carboxylic acids is 1. The Morgan fingerprint density at radius 3 is 2.44 bits per heavy atom. The number of rotatable bonds is 6. The summed E-state index contributed by atoms with van der Waals surface area (Å²) in [4.78, 5) is 12.0. The number of hydrogen-bond acceptors (Lipinski definition) is 5. The Bertz CT molecular complexity index is 941. The topological polar surface area (TPSA) is 59.9 Å². The molecule has 0 fully saturated rings. The van der Waals surface area contributed by atoms with Crippen molar-refractivity contribution in [2.45, 2.75) is 0 Å². The van der Waals surface area contributed by atoms with Crippen LogP contribution in [0.1, 0.15) is 15.9 Å². The van der Waals surface area contributed by atoms with Gasteiger partial charge in [0, 0.05) is 0 Å². The maximum Gasteiger partial charge on any atom is 0.343 e. The maximum absolute atomic E-state index is 12.0. The van der Waals surface area contributed by atoms with E-state index >= 15 is 0 Å². The fourth-order valence-electron chi connectivity index (χ4n) is 2.28. The van der Waals surface area contributed by atoms with Crippen LogP contribution in [0.5, 0.6) is 11.5 Å². The van der Waals surface area contributed by atoms with E-state index in [4.69, 9.17) is 21.1 Å². The van der Waals surface area contributed by atoms with E-state index in [2.05, 4.69) is 10.5 Å². The van der Waals surface area contributed by atoms with Gasteiger partial charge >= 0.3 is 5.97 Å². The third-order valence-corrected chi connectivity index (χ3v) is 3.95. The van der Waals surface area contributed by atoms with Crippen molar-refractivity contribution in [2.75, 3.05) is 12.5 Å². The Morgan fingerprint density at radius 2 is 1.78 bits per heavy atom. The molecule has 0 saturated heterocycles. The molecule has 5 nitrogen and oxygen atoms in total. The van der Waals surface area contributed by atoms with Crippen LogP contribution in [0.25, 0.3) is 0 Å². The van der Waals surface area contributed by atoms with E-state index in [-0.39, 0.29) is 0 Å². The lowest BCUT2D eigenvalue weighted by molar-refractivity contribution is 0.0735. The third kappa shape index (κ3) is 5.09. The van der Waals surface area contributed by atoms with Crippen LogP contribution in [0.15, 0.2) is 77.9 Å². The van der Waals surface area contributed by atoms with Crippen LogP contribution >= 0.6 is 11.6 Å². The van der Waals surface area contributed by atoms with Gasteiger partial charge in [0.05, 0.1) is 29.6 Å². The van der Waals surface area contributed by atoms with Crippen LogP contribution in [0.2, 0.25) is 5.02 Å². The van der Waals surface area contributed by atoms with E-state index in [0.29, 0.717) is 22.1 Å². The number of benzene rings is 3. The summed E-state index contributed by atoms with van der Waals surface area (Å²) in [7, 11) is 1.56. The highest BCUT2D eigenvalue weighted by Crippen LogP contribution is 2.27. The summed E-state index contributed by atoms with van der Waals surface area (Å²) < 4.78 is 10.4. The summed E-state index contributed by atoms with van der Waals surface area (Å²) in [6.45, 7) is 0. The fourth-order valence-corrected chi connectivity index (χ4v) is 2.54. The zero-order valence-corrected chi connectivity index (χ0v) is 15.3. The summed E-state index contributed by atoms with van der Waals surface area (Å²) in [5.74, 6) is 0.679. The van der Waals surface area contributed by atoms with Crippen molar-refractivity contribution in [1.29, 1.82) is 0 Å². The number of nitrogens with one attached hydrogen (secondary N) is 1. The summed E-state index contributed by atoms with van der Waals surface area (Å²) in [5.41, 5.74) is 4.99. The largest absolute Gasteiger partial charge is 0.495 e. The molecule has 6 heteroatoms. The minimum Gasteiger partial charge on any atom is -0.495 e. The summed E-state index contributed by atoms with van der Waals surface area (Å²) in [6.07, 6.45) is 1.65. The quantitative estimate of drug-likeness (QED) is 0.282. The molecule has 136 valence electrons. The van der Waals surface area contributed by atoms with Crippen LogP contribution in [-0.4, -0.2) is 19.3 Å². The Kier molecular flexibility index (Phi) is 6.07. The minimum atomic E-state index is -0.393. The van der Waals surface area contributed by atoms with Gasteiger partial charge in [-0.2, -0.15) is 5.10 Å². The van der Waals surface area contributed by atoms with Gasteiger partial charge in [-0.15, -0.1) is 0 Å². The van der Waals surface area contributed by atoms with Crippen LogP contribution < -0.4 is 14.9 Å². The van der Waals surface area contributed by atoms with Gasteiger partial charge in [0.1, 0.15) is 11.5 Å². The number of carbonyl (C=O) groups is 1. The first-order valence-electron chi connectivity index (χ1n) is 8.15. The lowest BCUT2D eigenvalue weighted by Crippen LogP contribution is -2.08. The van der Waals surface area contributed by atoms with Gasteiger partial charge in [0.25, 0.3) is 0 Å². The highest BCUT2D eigenvalue weighted by atomic mass is 35.5. The molecular formula is C21H17ClN2O3. The molecule has 0 aliphatic carbocycles. The average Bonchev–Trinajstić information content (AvgIpc) is 2.70. The van der Waals surface area contributed by atoms with Gasteiger partial charge in [-0.1, -0.05) is 29.8 Å². The highest BCUT2D eigenvalue weighted by molar-refractivity contribution is 6.32. The number of anilines is 1. The molecule has 0 unspecified atom stereocenters. The van der Waals surface area contributed by atoms with E-state index in [1.807, 2.05) is 12.1 Å². The molecule has 0 aliphatic heterocycles. The van der Waals surface area contributed by atoms with Gasteiger partial charge in [0.2, 0.25) is 0 Å². The monoisotopic (exact) mass is 380 g/mol. The van der Waals surface area contributed by atoms with E-state index in [0.717, 1.165) is 11.3 Å². The third-order valence-electron chi connectivity index (χ3n) is 3.66. The summed E-state index contributed by atoms with van der Waals surface area (Å²) in [6, 6.07) is 21.2. The molecule has 0 bridgehead atoms. The molecule has 3 aromatic rings. The Morgan fingerprint density at radius 1 is 1.04 bits per heavy atom. The van der Waals surface area contributed by atoms with Crippen LogP contribution in [-0.2, 0) is 0 Å². The summed E-state index contributed by atoms with van der Waals surface area (Å²) >= 11 is 6.07. The number of methoxy groups -OCH3 is 1. The Hall–Kier alpha value is -3.31.